The van der Waals surface area contributed by atoms with Gasteiger partial charge in [-0.1, -0.05) is 48.5 Å². The lowest BCUT2D eigenvalue weighted by Crippen LogP contribution is -1.88. The molecule has 0 aromatic heterocycles. The molecule has 0 aliphatic heterocycles. The van der Waals surface area contributed by atoms with Gasteiger partial charge in [-0.25, -0.2) is 0 Å². The van der Waals surface area contributed by atoms with Gasteiger partial charge in [-0.2, -0.15) is 0 Å². The van der Waals surface area contributed by atoms with Gasteiger partial charge >= 0.3 is 0 Å². The summed E-state index contributed by atoms with van der Waals surface area (Å²) in [6.45, 7) is 0. The van der Waals surface area contributed by atoms with Crippen LogP contribution in [0.1, 0.15) is 5.56 Å². The van der Waals surface area contributed by atoms with E-state index in [1.165, 1.54) is 0 Å². The smallest absolute Gasteiger partial charge is 0.124 e. The van der Waals surface area contributed by atoms with E-state index in [-0.39, 0.29) is 5.75 Å². The highest BCUT2D eigenvalue weighted by molar-refractivity contribution is 6.03. The molecule has 0 bridgehead atoms. The van der Waals surface area contributed by atoms with Crippen LogP contribution in [0.5, 0.6) is 5.75 Å². The van der Waals surface area contributed by atoms with Crippen LogP contribution in [0.25, 0.3) is 10.8 Å². The molecule has 0 amide bonds. The summed E-state index contributed by atoms with van der Waals surface area (Å²) in [5.74, 6) is 0.231. The van der Waals surface area contributed by atoms with Gasteiger partial charge in [0.1, 0.15) is 5.75 Å². The van der Waals surface area contributed by atoms with E-state index in [1.807, 2.05) is 84.9 Å². The maximum atomic E-state index is 10.2. The molecule has 3 nitrogen and oxygen atoms in total. The highest BCUT2D eigenvalue weighted by Crippen LogP contribution is 2.26. The van der Waals surface area contributed by atoms with Gasteiger partial charge in [0.2, 0.25) is 0 Å². The van der Waals surface area contributed by atoms with Gasteiger partial charge in [0, 0.05) is 23.2 Å². The van der Waals surface area contributed by atoms with Crippen LogP contribution in [-0.2, 0) is 0 Å². The molecule has 0 unspecified atom stereocenters. The predicted molar refractivity (Wildman–Crippen MR) is 109 cm³/mol. The number of nitrogens with one attached hydrogen (secondary N) is 1. The third-order valence-corrected chi connectivity index (χ3v) is 4.22. The maximum Gasteiger partial charge on any atom is 0.124 e. The van der Waals surface area contributed by atoms with Crippen molar-refractivity contribution in [1.82, 2.24) is 0 Å². The quantitative estimate of drug-likeness (QED) is 0.446. The molecule has 4 aromatic carbocycles. The molecular weight excluding hydrogens is 320 g/mol. The second kappa shape index (κ2) is 7.11. The molecule has 0 aliphatic carbocycles. The fourth-order valence-electron chi connectivity index (χ4n) is 2.88. The average molecular weight is 338 g/mol. The van der Waals surface area contributed by atoms with Crippen LogP contribution in [0.4, 0.5) is 17.1 Å². The molecule has 0 atom stereocenters. The lowest BCUT2D eigenvalue weighted by atomic mass is 10.0. The highest BCUT2D eigenvalue weighted by Gasteiger charge is 2.04. The molecule has 4 rings (SSSR count). The number of hydrogen-bond donors (Lipinski definition) is 2. The number of nitrogens with zero attached hydrogens (tertiary/aromatic N) is 1. The number of fused-ring (bicyclic) bond motifs is 1. The average Bonchev–Trinajstić information content (AvgIpc) is 2.69. The van der Waals surface area contributed by atoms with Crippen molar-refractivity contribution in [1.29, 1.82) is 0 Å². The SMILES string of the molecule is Oc1ccc2ccccc2c1C=Nc1ccc(Nc2ccccc2)cc1. The molecule has 126 valence electrons. The molecule has 0 aliphatic rings. The number of benzene rings is 4. The van der Waals surface area contributed by atoms with Crippen molar-refractivity contribution in [3.05, 3.63) is 96.6 Å². The van der Waals surface area contributed by atoms with Crippen molar-refractivity contribution in [2.45, 2.75) is 0 Å². The largest absolute Gasteiger partial charge is 0.507 e. The van der Waals surface area contributed by atoms with Gasteiger partial charge in [0.25, 0.3) is 0 Å². The lowest BCUT2D eigenvalue weighted by Gasteiger charge is -2.06. The molecule has 3 heteroatoms. The van der Waals surface area contributed by atoms with E-state index in [0.717, 1.165) is 33.4 Å². The number of phenols is 1. The fourth-order valence-corrected chi connectivity index (χ4v) is 2.88. The van der Waals surface area contributed by atoms with E-state index in [1.54, 1.807) is 12.3 Å². The molecule has 0 radical (unpaired) electrons. The number of hydrogen-bond acceptors (Lipinski definition) is 3. The minimum absolute atomic E-state index is 0.231. The minimum atomic E-state index is 0.231. The first-order valence-electron chi connectivity index (χ1n) is 8.46. The number of para-hydroxylation sites is 1. The summed E-state index contributed by atoms with van der Waals surface area (Å²) >= 11 is 0. The summed E-state index contributed by atoms with van der Waals surface area (Å²) < 4.78 is 0. The van der Waals surface area contributed by atoms with E-state index >= 15 is 0 Å². The number of aliphatic imine (C=N–C) groups is 1. The van der Waals surface area contributed by atoms with Crippen molar-refractivity contribution in [2.24, 2.45) is 4.99 Å². The van der Waals surface area contributed by atoms with Crippen molar-refractivity contribution in [3.63, 3.8) is 0 Å². The molecule has 0 spiro atoms. The topological polar surface area (TPSA) is 44.6 Å². The second-order valence-electron chi connectivity index (χ2n) is 6.02. The standard InChI is InChI=1S/C23H18N2O/c26-23-15-10-17-6-4-5-9-21(17)22(23)16-24-18-11-13-20(14-12-18)25-19-7-2-1-3-8-19/h1-16,25-26H. The maximum absolute atomic E-state index is 10.2. The molecule has 0 saturated carbocycles. The molecule has 2 N–H and O–H groups in total. The zero-order valence-electron chi connectivity index (χ0n) is 14.1. The van der Waals surface area contributed by atoms with Gasteiger partial charge in [-0.15, -0.1) is 0 Å². The normalized spacial score (nSPS) is 11.1. The fraction of sp³-hybridized carbons (Fsp3) is 0. The summed E-state index contributed by atoms with van der Waals surface area (Å²) in [6, 6.07) is 29.5. The van der Waals surface area contributed by atoms with Crippen molar-refractivity contribution >= 4 is 34.0 Å². The second-order valence-corrected chi connectivity index (χ2v) is 6.02. The van der Waals surface area contributed by atoms with Crippen LogP contribution in [0, 0.1) is 0 Å². The first-order valence-corrected chi connectivity index (χ1v) is 8.46. The van der Waals surface area contributed by atoms with E-state index in [4.69, 9.17) is 0 Å². The zero-order valence-corrected chi connectivity index (χ0v) is 14.1. The Bertz CT molecular complexity index is 1050. The number of phenolic OH excluding ortho intramolecular Hbond substituents is 1. The summed E-state index contributed by atoms with van der Waals surface area (Å²) in [5.41, 5.74) is 3.61. The third-order valence-electron chi connectivity index (χ3n) is 4.22. The van der Waals surface area contributed by atoms with Crippen LogP contribution in [0.3, 0.4) is 0 Å². The lowest BCUT2D eigenvalue weighted by molar-refractivity contribution is 0.475. The first kappa shape index (κ1) is 15.9. The zero-order chi connectivity index (χ0) is 17.8. The molecule has 0 saturated heterocycles. The first-order chi connectivity index (χ1) is 12.8. The van der Waals surface area contributed by atoms with E-state index in [9.17, 15) is 5.11 Å². The van der Waals surface area contributed by atoms with Gasteiger partial charge in [0.15, 0.2) is 0 Å². The van der Waals surface area contributed by atoms with E-state index < -0.39 is 0 Å². The number of rotatable bonds is 4. The Morgan fingerprint density at radius 1 is 0.692 bits per heavy atom. The Morgan fingerprint density at radius 2 is 1.38 bits per heavy atom. The summed E-state index contributed by atoms with van der Waals surface area (Å²) in [5, 5.41) is 15.6. The van der Waals surface area contributed by atoms with Crippen LogP contribution in [0.2, 0.25) is 0 Å². The molecule has 4 aromatic rings. The predicted octanol–water partition coefficient (Wildman–Crippen LogP) is 6.04. The van der Waals surface area contributed by atoms with Crippen molar-refractivity contribution in [3.8, 4) is 5.75 Å². The minimum Gasteiger partial charge on any atom is -0.507 e. The summed E-state index contributed by atoms with van der Waals surface area (Å²) in [7, 11) is 0. The van der Waals surface area contributed by atoms with Crippen molar-refractivity contribution in [2.75, 3.05) is 5.32 Å². The Morgan fingerprint density at radius 3 is 2.19 bits per heavy atom. The molecule has 0 heterocycles. The van der Waals surface area contributed by atoms with Crippen molar-refractivity contribution < 1.29 is 5.11 Å². The Kier molecular flexibility index (Phi) is 4.35. The number of aromatic hydroxyl groups is 1. The number of anilines is 2. The Hall–Kier alpha value is -3.59. The van der Waals surface area contributed by atoms with Gasteiger partial charge < -0.3 is 10.4 Å². The van der Waals surface area contributed by atoms with Crippen LogP contribution < -0.4 is 5.32 Å². The Labute approximate surface area is 152 Å². The van der Waals surface area contributed by atoms with Gasteiger partial charge in [-0.05, 0) is 53.2 Å². The monoisotopic (exact) mass is 338 g/mol. The van der Waals surface area contributed by atoms with Crippen LogP contribution in [-0.4, -0.2) is 11.3 Å². The van der Waals surface area contributed by atoms with Gasteiger partial charge in [-0.3, -0.25) is 4.99 Å². The van der Waals surface area contributed by atoms with E-state index in [2.05, 4.69) is 10.3 Å². The Balaban J connectivity index is 1.57. The van der Waals surface area contributed by atoms with Crippen LogP contribution in [0.15, 0.2) is 96.0 Å². The summed E-state index contributed by atoms with van der Waals surface area (Å²) in [4.78, 5) is 4.52. The molecule has 26 heavy (non-hydrogen) atoms. The summed E-state index contributed by atoms with van der Waals surface area (Å²) in [6.07, 6.45) is 1.72. The third kappa shape index (κ3) is 3.42. The molecular formula is C23H18N2O. The van der Waals surface area contributed by atoms with Crippen LogP contribution >= 0.6 is 0 Å². The molecule has 0 fully saturated rings. The van der Waals surface area contributed by atoms with E-state index in [0.29, 0.717) is 0 Å². The van der Waals surface area contributed by atoms with Gasteiger partial charge in [0.05, 0.1) is 5.69 Å². The highest BCUT2D eigenvalue weighted by atomic mass is 16.3.